The molecule has 66 valence electrons. The van der Waals surface area contributed by atoms with Crippen LogP contribution in [0.15, 0.2) is 4.99 Å². The van der Waals surface area contributed by atoms with Gasteiger partial charge in [0.05, 0.1) is 0 Å². The van der Waals surface area contributed by atoms with Gasteiger partial charge in [-0.15, -0.1) is 12.4 Å². The summed E-state index contributed by atoms with van der Waals surface area (Å²) in [4.78, 5) is 4.48. The van der Waals surface area contributed by atoms with Crippen molar-refractivity contribution in [2.75, 3.05) is 6.54 Å². The van der Waals surface area contributed by atoms with Gasteiger partial charge >= 0.3 is 0 Å². The molecular weight excluding hydrogens is 158 g/mol. The summed E-state index contributed by atoms with van der Waals surface area (Å²) in [7, 11) is 0. The number of aliphatic imine (C=N–C) groups is 1. The second kappa shape index (κ2) is 6.66. The fraction of sp³-hybridized carbons (Fsp3) is 0.889. The van der Waals surface area contributed by atoms with Crippen LogP contribution < -0.4 is 0 Å². The predicted molar refractivity (Wildman–Crippen MR) is 52.9 cm³/mol. The molecule has 2 heteroatoms. The highest BCUT2D eigenvalue weighted by Gasteiger charge is 2.02. The van der Waals surface area contributed by atoms with Crippen molar-refractivity contribution in [1.29, 1.82) is 0 Å². The van der Waals surface area contributed by atoms with E-state index in [1.54, 1.807) is 0 Å². The lowest BCUT2D eigenvalue weighted by molar-refractivity contribution is 0.711. The summed E-state index contributed by atoms with van der Waals surface area (Å²) in [6.07, 6.45) is 7.87. The molecule has 1 aliphatic heterocycles. The van der Waals surface area contributed by atoms with Crippen LogP contribution >= 0.6 is 12.4 Å². The van der Waals surface area contributed by atoms with Crippen LogP contribution in [0.4, 0.5) is 0 Å². The van der Waals surface area contributed by atoms with E-state index in [0.717, 1.165) is 6.54 Å². The maximum absolute atomic E-state index is 4.48. The summed E-state index contributed by atoms with van der Waals surface area (Å²) < 4.78 is 0. The maximum atomic E-state index is 4.48. The van der Waals surface area contributed by atoms with Crippen molar-refractivity contribution >= 4 is 18.1 Å². The lowest BCUT2D eigenvalue weighted by Gasteiger charge is -2.10. The number of hydrogen-bond acceptors (Lipinski definition) is 1. The zero-order chi connectivity index (χ0) is 7.23. The van der Waals surface area contributed by atoms with Gasteiger partial charge in [-0.2, -0.15) is 0 Å². The van der Waals surface area contributed by atoms with Crippen molar-refractivity contribution in [3.05, 3.63) is 0 Å². The zero-order valence-electron chi connectivity index (χ0n) is 7.31. The number of hydrogen-bond donors (Lipinski definition) is 0. The van der Waals surface area contributed by atoms with Crippen LogP contribution in [-0.4, -0.2) is 12.3 Å². The molecule has 1 aliphatic rings. The second-order valence-corrected chi connectivity index (χ2v) is 3.01. The van der Waals surface area contributed by atoms with Crippen molar-refractivity contribution < 1.29 is 0 Å². The standard InChI is InChI=1S/C9H17N.ClH/c1-2-3-6-9-7-4-5-8-10-9;/h2-8H2,1H3;1H. The molecule has 0 aliphatic carbocycles. The minimum Gasteiger partial charge on any atom is -0.294 e. The average Bonchev–Trinajstić information content (AvgIpc) is 2.03. The van der Waals surface area contributed by atoms with Crippen molar-refractivity contribution in [3.63, 3.8) is 0 Å². The lowest BCUT2D eigenvalue weighted by Crippen LogP contribution is -2.05. The van der Waals surface area contributed by atoms with E-state index >= 15 is 0 Å². The van der Waals surface area contributed by atoms with Crippen LogP contribution in [0.5, 0.6) is 0 Å². The van der Waals surface area contributed by atoms with E-state index in [1.165, 1.54) is 44.2 Å². The van der Waals surface area contributed by atoms with Crippen LogP contribution in [-0.2, 0) is 0 Å². The quantitative estimate of drug-likeness (QED) is 0.625. The molecule has 0 spiro atoms. The molecule has 0 N–H and O–H groups in total. The van der Waals surface area contributed by atoms with Gasteiger partial charge in [0.2, 0.25) is 0 Å². The van der Waals surface area contributed by atoms with Gasteiger partial charge in [-0.3, -0.25) is 4.99 Å². The minimum atomic E-state index is 0. The Bertz CT molecular complexity index is 121. The molecule has 0 radical (unpaired) electrons. The van der Waals surface area contributed by atoms with Gasteiger partial charge in [-0.25, -0.2) is 0 Å². The Balaban J connectivity index is 0.000001000. The molecule has 11 heavy (non-hydrogen) atoms. The molecular formula is C9H18ClN. The molecule has 0 bridgehead atoms. The molecule has 0 aromatic carbocycles. The lowest BCUT2D eigenvalue weighted by atomic mass is 10.0. The third-order valence-corrected chi connectivity index (χ3v) is 2.03. The van der Waals surface area contributed by atoms with E-state index < -0.39 is 0 Å². The summed E-state index contributed by atoms with van der Waals surface area (Å²) in [5.41, 5.74) is 1.48. The summed E-state index contributed by atoms with van der Waals surface area (Å²) in [5, 5.41) is 0. The molecule has 0 unspecified atom stereocenters. The van der Waals surface area contributed by atoms with Crippen LogP contribution in [0.2, 0.25) is 0 Å². The molecule has 0 saturated carbocycles. The number of unbranched alkanes of at least 4 members (excludes halogenated alkanes) is 1. The van der Waals surface area contributed by atoms with E-state index in [1.807, 2.05) is 0 Å². The predicted octanol–water partition coefficient (Wildman–Crippen LogP) is 3.22. The summed E-state index contributed by atoms with van der Waals surface area (Å²) in [6, 6.07) is 0. The monoisotopic (exact) mass is 175 g/mol. The summed E-state index contributed by atoms with van der Waals surface area (Å²) in [6.45, 7) is 3.34. The third-order valence-electron chi connectivity index (χ3n) is 2.03. The van der Waals surface area contributed by atoms with Gasteiger partial charge < -0.3 is 0 Å². The molecule has 0 atom stereocenters. The Hall–Kier alpha value is -0.0400. The van der Waals surface area contributed by atoms with Gasteiger partial charge in [0.15, 0.2) is 0 Å². The minimum absolute atomic E-state index is 0. The zero-order valence-corrected chi connectivity index (χ0v) is 8.12. The highest BCUT2D eigenvalue weighted by atomic mass is 35.5. The van der Waals surface area contributed by atoms with Crippen molar-refractivity contribution in [2.24, 2.45) is 4.99 Å². The van der Waals surface area contributed by atoms with Gasteiger partial charge in [0.25, 0.3) is 0 Å². The Kier molecular flexibility index (Phi) is 6.63. The Morgan fingerprint density at radius 3 is 2.73 bits per heavy atom. The SMILES string of the molecule is CCCCC1=NCCCC1.Cl. The van der Waals surface area contributed by atoms with Crippen LogP contribution in [0, 0.1) is 0 Å². The third kappa shape index (κ3) is 4.41. The summed E-state index contributed by atoms with van der Waals surface area (Å²) in [5.74, 6) is 0. The van der Waals surface area contributed by atoms with E-state index in [9.17, 15) is 0 Å². The van der Waals surface area contributed by atoms with Crippen LogP contribution in [0.3, 0.4) is 0 Å². The molecule has 1 rings (SSSR count). The van der Waals surface area contributed by atoms with Crippen molar-refractivity contribution in [2.45, 2.75) is 45.4 Å². The number of nitrogens with zero attached hydrogens (tertiary/aromatic N) is 1. The van der Waals surface area contributed by atoms with Gasteiger partial charge in [-0.05, 0) is 32.1 Å². The smallest absolute Gasteiger partial charge is 0.0388 e. The topological polar surface area (TPSA) is 12.4 Å². The van der Waals surface area contributed by atoms with E-state index in [-0.39, 0.29) is 12.4 Å². The van der Waals surface area contributed by atoms with Crippen LogP contribution in [0.1, 0.15) is 45.4 Å². The molecule has 0 saturated heterocycles. The fourth-order valence-corrected chi connectivity index (χ4v) is 1.34. The van der Waals surface area contributed by atoms with Gasteiger partial charge in [-0.1, -0.05) is 13.3 Å². The Morgan fingerprint density at radius 1 is 1.36 bits per heavy atom. The number of halogens is 1. The Labute approximate surface area is 75.7 Å². The van der Waals surface area contributed by atoms with Gasteiger partial charge in [0.1, 0.15) is 0 Å². The average molecular weight is 176 g/mol. The molecule has 1 heterocycles. The first-order chi connectivity index (χ1) is 4.93. The van der Waals surface area contributed by atoms with Crippen molar-refractivity contribution in [3.8, 4) is 0 Å². The van der Waals surface area contributed by atoms with E-state index in [0.29, 0.717) is 0 Å². The molecule has 0 fully saturated rings. The normalized spacial score (nSPS) is 17.0. The Morgan fingerprint density at radius 2 is 2.18 bits per heavy atom. The first-order valence-electron chi connectivity index (χ1n) is 4.45. The highest BCUT2D eigenvalue weighted by molar-refractivity contribution is 5.85. The van der Waals surface area contributed by atoms with Gasteiger partial charge in [0, 0.05) is 12.3 Å². The summed E-state index contributed by atoms with van der Waals surface area (Å²) >= 11 is 0. The first-order valence-corrected chi connectivity index (χ1v) is 4.45. The maximum Gasteiger partial charge on any atom is 0.0388 e. The molecule has 0 aromatic heterocycles. The van der Waals surface area contributed by atoms with Crippen molar-refractivity contribution in [1.82, 2.24) is 0 Å². The molecule has 0 aromatic rings. The highest BCUT2D eigenvalue weighted by Crippen LogP contribution is 2.10. The van der Waals surface area contributed by atoms with E-state index in [2.05, 4.69) is 11.9 Å². The van der Waals surface area contributed by atoms with Crippen LogP contribution in [0.25, 0.3) is 0 Å². The molecule has 0 amide bonds. The molecule has 1 nitrogen and oxygen atoms in total. The van der Waals surface area contributed by atoms with E-state index in [4.69, 9.17) is 0 Å². The largest absolute Gasteiger partial charge is 0.294 e. The second-order valence-electron chi connectivity index (χ2n) is 3.01. The first kappa shape index (κ1) is 11.0. The fourth-order valence-electron chi connectivity index (χ4n) is 1.34. The number of rotatable bonds is 3.